The summed E-state index contributed by atoms with van der Waals surface area (Å²) in [6.45, 7) is -0.262. The summed E-state index contributed by atoms with van der Waals surface area (Å²) in [5, 5.41) is 4.69. The van der Waals surface area contributed by atoms with Gasteiger partial charge in [0, 0.05) is 11.8 Å². The molecule has 1 amide bonds. The number of nitrogens with zero attached hydrogens (tertiary/aromatic N) is 2. The molecule has 0 spiro atoms. The Morgan fingerprint density at radius 3 is 2.92 bits per heavy atom. The highest BCUT2D eigenvalue weighted by Crippen LogP contribution is 2.42. The van der Waals surface area contributed by atoms with Crippen LogP contribution in [-0.4, -0.2) is 21.8 Å². The van der Waals surface area contributed by atoms with E-state index in [0.717, 1.165) is 0 Å². The molecule has 2 aromatic heterocycles. The van der Waals surface area contributed by atoms with Crippen molar-refractivity contribution >= 4 is 33.1 Å². The van der Waals surface area contributed by atoms with Crippen molar-refractivity contribution in [1.82, 2.24) is 9.55 Å². The van der Waals surface area contributed by atoms with Gasteiger partial charge >= 0.3 is 6.29 Å². The van der Waals surface area contributed by atoms with Crippen LogP contribution in [0.1, 0.15) is 0 Å². The molecule has 0 fully saturated rings. The number of fused-ring (bicyclic) bond motifs is 2. The molecule has 0 aliphatic carbocycles. The lowest BCUT2D eigenvalue weighted by atomic mass is 10.3. The molecule has 1 aromatic carbocycles. The molecule has 10 heteroatoms. The van der Waals surface area contributed by atoms with E-state index in [2.05, 4.69) is 19.8 Å². The number of hydrogen-bond donors (Lipinski definition) is 1. The average Bonchev–Trinajstić information content (AvgIpc) is 3.12. The van der Waals surface area contributed by atoms with E-state index in [1.807, 2.05) is 0 Å². The van der Waals surface area contributed by atoms with Gasteiger partial charge < -0.3 is 14.8 Å². The lowest BCUT2D eigenvalue weighted by Crippen LogP contribution is -2.27. The van der Waals surface area contributed by atoms with Crippen LogP contribution in [0.25, 0.3) is 10.2 Å². The van der Waals surface area contributed by atoms with Crippen molar-refractivity contribution < 1.29 is 23.0 Å². The fraction of sp³-hybridized carbons (Fsp3) is 0.133. The van der Waals surface area contributed by atoms with Crippen molar-refractivity contribution in [2.75, 3.05) is 5.32 Å². The summed E-state index contributed by atoms with van der Waals surface area (Å²) in [5.74, 6) is -0.809. The van der Waals surface area contributed by atoms with Gasteiger partial charge in [-0.15, -0.1) is 20.1 Å². The Bertz CT molecular complexity index is 1050. The minimum absolute atomic E-state index is 0.119. The average molecular weight is 365 g/mol. The van der Waals surface area contributed by atoms with Crippen LogP contribution in [0.15, 0.2) is 40.8 Å². The van der Waals surface area contributed by atoms with Crippen molar-refractivity contribution in [3.8, 4) is 11.5 Å². The zero-order valence-corrected chi connectivity index (χ0v) is 13.2. The lowest BCUT2D eigenvalue weighted by Gasteiger charge is -2.07. The van der Waals surface area contributed by atoms with Crippen LogP contribution < -0.4 is 20.3 Å². The monoisotopic (exact) mass is 365 g/mol. The van der Waals surface area contributed by atoms with Gasteiger partial charge in [0.1, 0.15) is 11.4 Å². The molecule has 7 nitrogen and oxygen atoms in total. The van der Waals surface area contributed by atoms with E-state index >= 15 is 0 Å². The van der Waals surface area contributed by atoms with E-state index in [9.17, 15) is 18.4 Å². The number of alkyl halides is 2. The smallest absolute Gasteiger partial charge is 0.395 e. The van der Waals surface area contributed by atoms with Crippen molar-refractivity contribution in [2.24, 2.45) is 0 Å². The maximum absolute atomic E-state index is 13.0. The van der Waals surface area contributed by atoms with Crippen LogP contribution in [-0.2, 0) is 11.3 Å². The third-order valence-electron chi connectivity index (χ3n) is 3.45. The molecule has 0 unspecified atom stereocenters. The number of amides is 1. The van der Waals surface area contributed by atoms with Crippen molar-refractivity contribution in [3.05, 3.63) is 46.3 Å². The maximum Gasteiger partial charge on any atom is 0.586 e. The van der Waals surface area contributed by atoms with Crippen LogP contribution in [0.2, 0.25) is 0 Å². The molecule has 3 heterocycles. The molecule has 0 atom stereocenters. The number of hydrogen-bond acceptors (Lipinski definition) is 6. The summed E-state index contributed by atoms with van der Waals surface area (Å²) in [4.78, 5) is 29.1. The Morgan fingerprint density at radius 2 is 2.08 bits per heavy atom. The van der Waals surface area contributed by atoms with Gasteiger partial charge in [0.25, 0.3) is 5.56 Å². The Balaban J connectivity index is 1.51. The summed E-state index contributed by atoms with van der Waals surface area (Å²) in [6, 6.07) is 5.51. The quantitative estimate of drug-likeness (QED) is 0.771. The zero-order valence-electron chi connectivity index (χ0n) is 12.4. The highest BCUT2D eigenvalue weighted by atomic mass is 32.1. The number of ether oxygens (including phenoxy) is 2. The molecule has 4 rings (SSSR count). The van der Waals surface area contributed by atoms with Gasteiger partial charge in [-0.25, -0.2) is 4.98 Å². The predicted octanol–water partition coefficient (Wildman–Crippen LogP) is 2.42. The summed E-state index contributed by atoms with van der Waals surface area (Å²) in [6.07, 6.45) is -2.43. The first-order valence-electron chi connectivity index (χ1n) is 7.04. The van der Waals surface area contributed by atoms with Crippen molar-refractivity contribution in [3.63, 3.8) is 0 Å². The SMILES string of the molecule is O=C(Cn1cnc2sccc2c1=O)Nc1ccc2c(c1)OC(F)(F)O2. The van der Waals surface area contributed by atoms with E-state index in [1.165, 1.54) is 40.4 Å². The fourth-order valence-electron chi connectivity index (χ4n) is 2.39. The van der Waals surface area contributed by atoms with E-state index in [-0.39, 0.29) is 29.3 Å². The second kappa shape index (κ2) is 5.52. The van der Waals surface area contributed by atoms with Gasteiger partial charge in [0.05, 0.1) is 11.7 Å². The van der Waals surface area contributed by atoms with E-state index in [4.69, 9.17) is 0 Å². The number of nitrogens with one attached hydrogen (secondary N) is 1. The second-order valence-electron chi connectivity index (χ2n) is 5.19. The molecule has 0 saturated carbocycles. The lowest BCUT2D eigenvalue weighted by molar-refractivity contribution is -0.286. The van der Waals surface area contributed by atoms with Gasteiger partial charge in [0.15, 0.2) is 11.5 Å². The van der Waals surface area contributed by atoms with Crippen LogP contribution in [0, 0.1) is 0 Å². The Kier molecular flexibility index (Phi) is 3.42. The molecule has 0 bridgehead atoms. The van der Waals surface area contributed by atoms with E-state index in [1.54, 1.807) is 11.4 Å². The van der Waals surface area contributed by atoms with Crippen LogP contribution in [0.4, 0.5) is 14.5 Å². The highest BCUT2D eigenvalue weighted by molar-refractivity contribution is 7.16. The van der Waals surface area contributed by atoms with Crippen LogP contribution in [0.3, 0.4) is 0 Å². The normalized spacial score (nSPS) is 14.6. The maximum atomic E-state index is 13.0. The largest absolute Gasteiger partial charge is 0.586 e. The summed E-state index contributed by atoms with van der Waals surface area (Å²) < 4.78 is 35.7. The first kappa shape index (κ1) is 15.5. The molecule has 25 heavy (non-hydrogen) atoms. The molecule has 1 aliphatic rings. The minimum atomic E-state index is -3.72. The molecule has 1 aliphatic heterocycles. The van der Waals surface area contributed by atoms with Crippen molar-refractivity contribution in [1.29, 1.82) is 0 Å². The molecular weight excluding hydrogens is 356 g/mol. The minimum Gasteiger partial charge on any atom is -0.395 e. The van der Waals surface area contributed by atoms with Crippen LogP contribution in [0.5, 0.6) is 11.5 Å². The number of aromatic nitrogens is 2. The molecule has 0 radical (unpaired) electrons. The third kappa shape index (κ3) is 2.91. The number of carbonyl (C=O) groups is 1. The molecular formula is C15H9F2N3O4S. The molecule has 128 valence electrons. The predicted molar refractivity (Wildman–Crippen MR) is 85.2 cm³/mol. The summed E-state index contributed by atoms with van der Waals surface area (Å²) in [5.41, 5.74) is -0.0885. The van der Waals surface area contributed by atoms with E-state index < -0.39 is 12.2 Å². The fourth-order valence-corrected chi connectivity index (χ4v) is 3.11. The van der Waals surface area contributed by atoms with Gasteiger partial charge in [0.2, 0.25) is 5.91 Å². The van der Waals surface area contributed by atoms with Gasteiger partial charge in [-0.3, -0.25) is 14.2 Å². The third-order valence-corrected chi connectivity index (χ3v) is 4.27. The number of benzene rings is 1. The first-order chi connectivity index (χ1) is 11.9. The second-order valence-corrected chi connectivity index (χ2v) is 6.09. The molecule has 3 aromatic rings. The first-order valence-corrected chi connectivity index (χ1v) is 7.92. The summed E-state index contributed by atoms with van der Waals surface area (Å²) >= 11 is 1.33. The summed E-state index contributed by atoms with van der Waals surface area (Å²) in [7, 11) is 0. The standard InChI is InChI=1S/C15H9F2N3O4S/c16-15(17)23-10-2-1-8(5-11(10)24-15)19-12(21)6-20-7-18-13-9(14(20)22)3-4-25-13/h1-5,7H,6H2,(H,19,21). The number of rotatable bonds is 3. The van der Waals surface area contributed by atoms with Crippen LogP contribution >= 0.6 is 11.3 Å². The van der Waals surface area contributed by atoms with Gasteiger partial charge in [-0.1, -0.05) is 0 Å². The Labute approximate surface area is 142 Å². The highest BCUT2D eigenvalue weighted by Gasteiger charge is 2.43. The topological polar surface area (TPSA) is 82.5 Å². The zero-order chi connectivity index (χ0) is 17.6. The number of thiophene rings is 1. The van der Waals surface area contributed by atoms with Gasteiger partial charge in [-0.05, 0) is 23.6 Å². The Morgan fingerprint density at radius 1 is 1.28 bits per heavy atom. The number of anilines is 1. The number of carbonyl (C=O) groups excluding carboxylic acids is 1. The molecule has 1 N–H and O–H groups in total. The van der Waals surface area contributed by atoms with Crippen molar-refractivity contribution in [2.45, 2.75) is 12.8 Å². The Hall–Kier alpha value is -3.01. The number of halogens is 2. The van der Waals surface area contributed by atoms with E-state index in [0.29, 0.717) is 10.2 Å². The van der Waals surface area contributed by atoms with Gasteiger partial charge in [-0.2, -0.15) is 0 Å². The molecule has 0 saturated heterocycles.